The fraction of sp³-hybridized carbons (Fsp3) is 0.643. The smallest absolute Gasteiger partial charge is 0.234 e. The van der Waals surface area contributed by atoms with Crippen molar-refractivity contribution in [2.24, 2.45) is 0 Å². The number of nitrogens with zero attached hydrogens (tertiary/aromatic N) is 4. The minimum absolute atomic E-state index is 0.0512. The summed E-state index contributed by atoms with van der Waals surface area (Å²) in [6.07, 6.45) is 0. The largest absolute Gasteiger partial charge is 0.368 e. The summed E-state index contributed by atoms with van der Waals surface area (Å²) in [5.41, 5.74) is 5.42. The van der Waals surface area contributed by atoms with Crippen molar-refractivity contribution in [1.29, 1.82) is 0 Å². The van der Waals surface area contributed by atoms with E-state index < -0.39 is 0 Å². The molecule has 1 fully saturated rings. The predicted octanol–water partition coefficient (Wildman–Crippen LogP) is 0.749. The first-order chi connectivity index (χ1) is 10.2. The lowest BCUT2D eigenvalue weighted by Crippen LogP contribution is -2.52. The van der Waals surface area contributed by atoms with E-state index in [-0.39, 0.29) is 17.4 Å². The quantitative estimate of drug-likeness (QED) is 0.797. The zero-order chi connectivity index (χ0) is 16.3. The fourth-order valence-electron chi connectivity index (χ4n) is 2.38. The molecule has 1 aromatic heterocycles. The van der Waals surface area contributed by atoms with Gasteiger partial charge in [-0.15, -0.1) is 0 Å². The molecule has 0 saturated carbocycles. The number of hydrogen-bond donors (Lipinski definition) is 2. The van der Waals surface area contributed by atoms with Gasteiger partial charge in [-0.25, -0.2) is 4.98 Å². The van der Waals surface area contributed by atoms with Crippen LogP contribution in [0.3, 0.4) is 0 Å². The Morgan fingerprint density at radius 1 is 1.32 bits per heavy atom. The maximum atomic E-state index is 11.9. The third kappa shape index (κ3) is 4.99. The predicted molar refractivity (Wildman–Crippen MR) is 88.0 cm³/mol. The summed E-state index contributed by atoms with van der Waals surface area (Å²) in [7, 11) is 0. The molecule has 1 aliphatic heterocycles. The molecular formula is C14H23ClN6O. The van der Waals surface area contributed by atoms with Crippen molar-refractivity contribution >= 4 is 29.3 Å². The highest BCUT2D eigenvalue weighted by molar-refractivity contribution is 6.29. The summed E-state index contributed by atoms with van der Waals surface area (Å²) in [5.74, 6) is 0.959. The lowest BCUT2D eigenvalue weighted by atomic mass is 10.1. The lowest BCUT2D eigenvalue weighted by molar-refractivity contribution is -0.123. The molecule has 0 bridgehead atoms. The number of aromatic nitrogens is 2. The Morgan fingerprint density at radius 3 is 2.50 bits per heavy atom. The van der Waals surface area contributed by atoms with Crippen molar-refractivity contribution in [2.45, 2.75) is 26.3 Å². The van der Waals surface area contributed by atoms with Crippen LogP contribution in [0.2, 0.25) is 5.15 Å². The van der Waals surface area contributed by atoms with Gasteiger partial charge in [-0.1, -0.05) is 11.6 Å². The average Bonchev–Trinajstić information content (AvgIpc) is 2.36. The van der Waals surface area contributed by atoms with Gasteiger partial charge in [0.25, 0.3) is 0 Å². The fourth-order valence-corrected chi connectivity index (χ4v) is 2.57. The number of amides is 1. The molecule has 0 spiro atoms. The van der Waals surface area contributed by atoms with Crippen LogP contribution in [-0.4, -0.2) is 59.0 Å². The molecule has 0 aromatic carbocycles. The summed E-state index contributed by atoms with van der Waals surface area (Å²) in [4.78, 5) is 24.2. The molecule has 0 unspecified atom stereocenters. The van der Waals surface area contributed by atoms with Crippen LogP contribution >= 0.6 is 11.6 Å². The Balaban J connectivity index is 1.86. The maximum absolute atomic E-state index is 11.9. The number of carbonyl (C=O) groups excluding carboxylic acids is 1. The highest BCUT2D eigenvalue weighted by Gasteiger charge is 2.22. The molecule has 2 heterocycles. The number of hydrogen-bond acceptors (Lipinski definition) is 6. The molecule has 1 aliphatic rings. The van der Waals surface area contributed by atoms with Gasteiger partial charge in [0, 0.05) is 37.8 Å². The standard InChI is InChI=1S/C14H23ClN6O/c1-14(2,3)19-12(22)9-20-4-6-21(7-5-20)11-8-10(15)17-13(16)18-11/h8H,4-7,9H2,1-3H3,(H,19,22)(H2,16,17,18). The summed E-state index contributed by atoms with van der Waals surface area (Å²) in [6.45, 7) is 9.48. The maximum Gasteiger partial charge on any atom is 0.234 e. The van der Waals surface area contributed by atoms with Gasteiger partial charge in [-0.2, -0.15) is 4.98 Å². The zero-order valence-electron chi connectivity index (χ0n) is 13.3. The van der Waals surface area contributed by atoms with E-state index in [0.717, 1.165) is 32.0 Å². The lowest BCUT2D eigenvalue weighted by Gasteiger charge is -2.35. The Bertz CT molecular complexity index is 516. The summed E-state index contributed by atoms with van der Waals surface area (Å²) in [6, 6.07) is 1.71. The van der Waals surface area contributed by atoms with Gasteiger partial charge < -0.3 is 16.0 Å². The second-order valence-corrected chi connectivity index (χ2v) is 6.86. The Morgan fingerprint density at radius 2 is 1.95 bits per heavy atom. The van der Waals surface area contributed by atoms with E-state index in [4.69, 9.17) is 17.3 Å². The highest BCUT2D eigenvalue weighted by atomic mass is 35.5. The Hall–Kier alpha value is -1.60. The van der Waals surface area contributed by atoms with Gasteiger partial charge in [0.1, 0.15) is 11.0 Å². The van der Waals surface area contributed by atoms with E-state index in [2.05, 4.69) is 25.1 Å². The molecule has 0 aliphatic carbocycles. The first-order valence-electron chi connectivity index (χ1n) is 7.31. The molecule has 7 nitrogen and oxygen atoms in total. The first kappa shape index (κ1) is 16.8. The molecule has 2 rings (SSSR count). The van der Waals surface area contributed by atoms with Crippen LogP contribution < -0.4 is 16.0 Å². The summed E-state index contributed by atoms with van der Waals surface area (Å²) >= 11 is 5.91. The number of nitrogen functional groups attached to an aromatic ring is 1. The molecule has 1 saturated heterocycles. The molecule has 22 heavy (non-hydrogen) atoms. The number of rotatable bonds is 3. The van der Waals surface area contributed by atoms with Crippen LogP contribution in [0.4, 0.5) is 11.8 Å². The van der Waals surface area contributed by atoms with Crippen LogP contribution in [-0.2, 0) is 4.79 Å². The summed E-state index contributed by atoms with van der Waals surface area (Å²) < 4.78 is 0. The number of carbonyl (C=O) groups is 1. The first-order valence-corrected chi connectivity index (χ1v) is 7.69. The van der Waals surface area contributed by atoms with E-state index in [0.29, 0.717) is 11.7 Å². The Labute approximate surface area is 135 Å². The third-order valence-electron chi connectivity index (χ3n) is 3.28. The van der Waals surface area contributed by atoms with Crippen LogP contribution in [0.15, 0.2) is 6.07 Å². The van der Waals surface area contributed by atoms with Gasteiger partial charge >= 0.3 is 0 Å². The SMILES string of the molecule is CC(C)(C)NC(=O)CN1CCN(c2cc(Cl)nc(N)n2)CC1. The molecule has 0 atom stereocenters. The zero-order valence-corrected chi connectivity index (χ0v) is 14.0. The number of anilines is 2. The van der Waals surface area contributed by atoms with Gasteiger partial charge in [-0.3, -0.25) is 9.69 Å². The molecule has 1 amide bonds. The van der Waals surface area contributed by atoms with E-state index >= 15 is 0 Å². The van der Waals surface area contributed by atoms with Gasteiger partial charge in [0.15, 0.2) is 0 Å². The van der Waals surface area contributed by atoms with Crippen LogP contribution in [0, 0.1) is 0 Å². The summed E-state index contributed by atoms with van der Waals surface area (Å²) in [5, 5.41) is 3.32. The van der Waals surface area contributed by atoms with Crippen molar-refractivity contribution in [2.75, 3.05) is 43.4 Å². The number of halogens is 1. The normalized spacial score (nSPS) is 16.6. The molecule has 3 N–H and O–H groups in total. The molecule has 0 radical (unpaired) electrons. The number of nitrogens with one attached hydrogen (secondary N) is 1. The average molecular weight is 327 g/mol. The number of nitrogens with two attached hydrogens (primary N) is 1. The third-order valence-corrected chi connectivity index (χ3v) is 3.47. The molecular weight excluding hydrogens is 304 g/mol. The highest BCUT2D eigenvalue weighted by Crippen LogP contribution is 2.18. The minimum Gasteiger partial charge on any atom is -0.368 e. The second-order valence-electron chi connectivity index (χ2n) is 6.47. The monoisotopic (exact) mass is 326 g/mol. The van der Waals surface area contributed by atoms with Crippen molar-refractivity contribution in [3.8, 4) is 0 Å². The van der Waals surface area contributed by atoms with E-state index in [1.807, 2.05) is 20.8 Å². The number of piperazine rings is 1. The molecule has 8 heteroatoms. The van der Waals surface area contributed by atoms with Crippen LogP contribution in [0.25, 0.3) is 0 Å². The molecule has 1 aromatic rings. The molecule has 122 valence electrons. The van der Waals surface area contributed by atoms with Crippen LogP contribution in [0.5, 0.6) is 0 Å². The minimum atomic E-state index is -0.200. The van der Waals surface area contributed by atoms with Crippen molar-refractivity contribution < 1.29 is 4.79 Å². The van der Waals surface area contributed by atoms with E-state index in [9.17, 15) is 4.79 Å². The van der Waals surface area contributed by atoms with Crippen molar-refractivity contribution in [3.63, 3.8) is 0 Å². The topological polar surface area (TPSA) is 87.4 Å². The van der Waals surface area contributed by atoms with Gasteiger partial charge in [0.05, 0.1) is 6.54 Å². The van der Waals surface area contributed by atoms with Gasteiger partial charge in [-0.05, 0) is 20.8 Å². The van der Waals surface area contributed by atoms with Gasteiger partial charge in [0.2, 0.25) is 11.9 Å². The van der Waals surface area contributed by atoms with Crippen molar-refractivity contribution in [1.82, 2.24) is 20.2 Å². The Kier molecular flexibility index (Phi) is 5.08. The van der Waals surface area contributed by atoms with E-state index in [1.54, 1.807) is 6.07 Å². The van der Waals surface area contributed by atoms with E-state index in [1.165, 1.54) is 0 Å². The van der Waals surface area contributed by atoms with Crippen molar-refractivity contribution in [3.05, 3.63) is 11.2 Å². The van der Waals surface area contributed by atoms with Crippen LogP contribution in [0.1, 0.15) is 20.8 Å². The second kappa shape index (κ2) is 6.66.